The van der Waals surface area contributed by atoms with E-state index < -0.39 is 23.2 Å². The van der Waals surface area contributed by atoms with Gasteiger partial charge >= 0.3 is 5.97 Å². The zero-order valence-corrected chi connectivity index (χ0v) is 7.24. The number of hydrogen-bond acceptors (Lipinski definition) is 4. The van der Waals surface area contributed by atoms with Gasteiger partial charge in [-0.15, -0.1) is 0 Å². The average Bonchev–Trinajstić information content (AvgIpc) is 1.99. The summed E-state index contributed by atoms with van der Waals surface area (Å²) in [6.07, 6.45) is -0.491. The van der Waals surface area contributed by atoms with Crippen LogP contribution in [0.5, 0.6) is 0 Å². The van der Waals surface area contributed by atoms with Crippen LogP contribution in [-0.2, 0) is 14.4 Å². The van der Waals surface area contributed by atoms with Crippen molar-refractivity contribution in [2.75, 3.05) is 0 Å². The van der Waals surface area contributed by atoms with E-state index in [-0.39, 0.29) is 12.8 Å². The minimum atomic E-state index is -1.99. The standard InChI is InChI=1S/C7H12N2O4/c1-4(10)7(9,6(12)13)3-2-5(8)11/h2-3,9H2,1H3,(H2,8,11)(H,12,13)/t7-/m0/s1. The van der Waals surface area contributed by atoms with Crippen molar-refractivity contribution >= 4 is 17.7 Å². The van der Waals surface area contributed by atoms with Crippen LogP contribution >= 0.6 is 0 Å². The van der Waals surface area contributed by atoms with Crippen molar-refractivity contribution < 1.29 is 19.5 Å². The Labute approximate surface area is 74.9 Å². The number of carbonyl (C=O) groups is 3. The maximum Gasteiger partial charge on any atom is 0.331 e. The second-order valence-electron chi connectivity index (χ2n) is 2.80. The number of aliphatic carboxylic acids is 1. The van der Waals surface area contributed by atoms with Gasteiger partial charge in [0.1, 0.15) is 0 Å². The topological polar surface area (TPSA) is 123 Å². The lowest BCUT2D eigenvalue weighted by Crippen LogP contribution is -2.54. The average molecular weight is 188 g/mol. The monoisotopic (exact) mass is 188 g/mol. The van der Waals surface area contributed by atoms with E-state index in [1.54, 1.807) is 0 Å². The molecule has 0 aliphatic carbocycles. The third kappa shape index (κ3) is 2.83. The molecule has 6 nitrogen and oxygen atoms in total. The summed E-state index contributed by atoms with van der Waals surface area (Å²) in [6.45, 7) is 1.06. The van der Waals surface area contributed by atoms with Gasteiger partial charge in [-0.25, -0.2) is 4.79 Å². The van der Waals surface area contributed by atoms with Gasteiger partial charge in [-0.3, -0.25) is 9.59 Å². The van der Waals surface area contributed by atoms with Crippen LogP contribution in [0.2, 0.25) is 0 Å². The molecule has 0 radical (unpaired) electrons. The van der Waals surface area contributed by atoms with Gasteiger partial charge in [0, 0.05) is 6.42 Å². The van der Waals surface area contributed by atoms with E-state index >= 15 is 0 Å². The summed E-state index contributed by atoms with van der Waals surface area (Å²) >= 11 is 0. The molecule has 0 rings (SSSR count). The fraction of sp³-hybridized carbons (Fsp3) is 0.571. The van der Waals surface area contributed by atoms with Crippen molar-refractivity contribution in [3.63, 3.8) is 0 Å². The van der Waals surface area contributed by atoms with E-state index in [0.29, 0.717) is 0 Å². The molecule has 1 amide bonds. The highest BCUT2D eigenvalue weighted by atomic mass is 16.4. The van der Waals surface area contributed by atoms with E-state index in [1.165, 1.54) is 0 Å². The van der Waals surface area contributed by atoms with E-state index in [1.807, 2.05) is 0 Å². The molecule has 0 aromatic heterocycles. The quantitative estimate of drug-likeness (QED) is 0.459. The minimum Gasteiger partial charge on any atom is -0.480 e. The van der Waals surface area contributed by atoms with Crippen LogP contribution in [0.25, 0.3) is 0 Å². The zero-order valence-electron chi connectivity index (χ0n) is 7.24. The summed E-state index contributed by atoms with van der Waals surface area (Å²) in [5, 5.41) is 8.62. The molecule has 5 N–H and O–H groups in total. The van der Waals surface area contributed by atoms with Crippen molar-refractivity contribution in [3.8, 4) is 0 Å². The highest BCUT2D eigenvalue weighted by molar-refractivity contribution is 6.06. The second kappa shape index (κ2) is 3.99. The molecule has 0 saturated carbocycles. The normalized spacial score (nSPS) is 14.6. The first-order valence-electron chi connectivity index (χ1n) is 3.62. The van der Waals surface area contributed by atoms with Crippen LogP contribution in [0.15, 0.2) is 0 Å². The van der Waals surface area contributed by atoms with Gasteiger partial charge in [0.25, 0.3) is 0 Å². The van der Waals surface area contributed by atoms with Gasteiger partial charge in [-0.1, -0.05) is 0 Å². The van der Waals surface area contributed by atoms with Crippen molar-refractivity contribution in [1.82, 2.24) is 0 Å². The molecule has 0 fully saturated rings. The highest BCUT2D eigenvalue weighted by Crippen LogP contribution is 2.11. The summed E-state index contributed by atoms with van der Waals surface area (Å²) in [4.78, 5) is 31.8. The number of nitrogens with two attached hydrogens (primary N) is 2. The third-order valence-corrected chi connectivity index (χ3v) is 1.78. The molecule has 0 heterocycles. The maximum atomic E-state index is 10.9. The third-order valence-electron chi connectivity index (χ3n) is 1.78. The van der Waals surface area contributed by atoms with Crippen molar-refractivity contribution in [2.45, 2.75) is 25.3 Å². The van der Waals surface area contributed by atoms with Crippen molar-refractivity contribution in [1.29, 1.82) is 0 Å². The first-order chi connectivity index (χ1) is 5.80. The predicted octanol–water partition coefficient (Wildman–Crippen LogP) is -1.38. The number of rotatable bonds is 5. The zero-order chi connectivity index (χ0) is 10.6. The molecule has 0 saturated heterocycles. The molecule has 6 heteroatoms. The highest BCUT2D eigenvalue weighted by Gasteiger charge is 2.39. The minimum absolute atomic E-state index is 0.220. The lowest BCUT2D eigenvalue weighted by molar-refractivity contribution is -0.148. The molecule has 0 aromatic rings. The fourth-order valence-electron chi connectivity index (χ4n) is 0.754. The fourth-order valence-corrected chi connectivity index (χ4v) is 0.754. The summed E-state index contributed by atoms with van der Waals surface area (Å²) in [7, 11) is 0. The Bertz CT molecular complexity index is 235. The number of hydrogen-bond donors (Lipinski definition) is 3. The smallest absolute Gasteiger partial charge is 0.331 e. The largest absolute Gasteiger partial charge is 0.480 e. The molecular formula is C7H12N2O4. The Morgan fingerprint density at radius 1 is 1.38 bits per heavy atom. The van der Waals surface area contributed by atoms with Gasteiger partial charge in [0.2, 0.25) is 5.91 Å². The number of amides is 1. The van der Waals surface area contributed by atoms with E-state index in [0.717, 1.165) is 6.92 Å². The molecule has 1 atom stereocenters. The van der Waals surface area contributed by atoms with Gasteiger partial charge in [-0.05, 0) is 13.3 Å². The molecule has 13 heavy (non-hydrogen) atoms. The molecule has 74 valence electrons. The van der Waals surface area contributed by atoms with Gasteiger partial charge in [-0.2, -0.15) is 0 Å². The number of ketones is 1. The summed E-state index contributed by atoms with van der Waals surface area (Å²) in [5.74, 6) is -2.82. The first-order valence-corrected chi connectivity index (χ1v) is 3.62. The van der Waals surface area contributed by atoms with Crippen LogP contribution in [0.4, 0.5) is 0 Å². The predicted molar refractivity (Wildman–Crippen MR) is 43.7 cm³/mol. The SMILES string of the molecule is CC(=O)[C@@](N)(CCC(N)=O)C(=O)O. The first kappa shape index (κ1) is 11.6. The Morgan fingerprint density at radius 3 is 2.08 bits per heavy atom. The Hall–Kier alpha value is -1.43. The van der Waals surface area contributed by atoms with Crippen LogP contribution in [-0.4, -0.2) is 28.3 Å². The number of carboxylic acids is 1. The summed E-state index contributed by atoms with van der Waals surface area (Å²) in [5.41, 5.74) is 8.09. The van der Waals surface area contributed by atoms with Crippen molar-refractivity contribution in [2.24, 2.45) is 11.5 Å². The summed E-state index contributed by atoms with van der Waals surface area (Å²) in [6, 6.07) is 0. The van der Waals surface area contributed by atoms with Crippen LogP contribution < -0.4 is 11.5 Å². The van der Waals surface area contributed by atoms with Crippen molar-refractivity contribution in [3.05, 3.63) is 0 Å². The molecule has 0 unspecified atom stereocenters. The number of carboxylic acid groups (broad SMARTS) is 1. The number of Topliss-reactive ketones (excluding diaryl/α,β-unsaturated/α-hetero) is 1. The molecule has 0 aromatic carbocycles. The molecule has 0 aliphatic rings. The Morgan fingerprint density at radius 2 is 1.85 bits per heavy atom. The van der Waals surface area contributed by atoms with E-state index in [9.17, 15) is 14.4 Å². The molecular weight excluding hydrogens is 176 g/mol. The van der Waals surface area contributed by atoms with E-state index in [4.69, 9.17) is 16.6 Å². The Kier molecular flexibility index (Phi) is 3.55. The lowest BCUT2D eigenvalue weighted by Gasteiger charge is -2.20. The van der Waals surface area contributed by atoms with Crippen LogP contribution in [0.3, 0.4) is 0 Å². The summed E-state index contributed by atoms with van der Waals surface area (Å²) < 4.78 is 0. The van der Waals surface area contributed by atoms with Crippen LogP contribution in [0, 0.1) is 0 Å². The second-order valence-corrected chi connectivity index (χ2v) is 2.80. The number of carbonyl (C=O) groups excluding carboxylic acids is 2. The van der Waals surface area contributed by atoms with Gasteiger partial charge < -0.3 is 16.6 Å². The lowest BCUT2D eigenvalue weighted by atomic mass is 9.90. The molecule has 0 aliphatic heterocycles. The van der Waals surface area contributed by atoms with Crippen LogP contribution in [0.1, 0.15) is 19.8 Å². The Balaban J connectivity index is 4.52. The van der Waals surface area contributed by atoms with Gasteiger partial charge in [0.05, 0.1) is 0 Å². The van der Waals surface area contributed by atoms with Gasteiger partial charge in [0.15, 0.2) is 11.3 Å². The number of primary amides is 1. The molecule has 0 bridgehead atoms. The van der Waals surface area contributed by atoms with E-state index in [2.05, 4.69) is 0 Å². The molecule has 0 spiro atoms. The maximum absolute atomic E-state index is 10.9.